The summed E-state index contributed by atoms with van der Waals surface area (Å²) < 4.78 is 27.5. The lowest BCUT2D eigenvalue weighted by atomic mass is 10.1. The smallest absolute Gasteiger partial charge is 0.293 e. The number of hydrogen-bond acceptors (Lipinski definition) is 10. The molecule has 14 heteroatoms. The van der Waals surface area contributed by atoms with E-state index in [-0.39, 0.29) is 35.0 Å². The predicted molar refractivity (Wildman–Crippen MR) is 161 cm³/mol. The van der Waals surface area contributed by atoms with Gasteiger partial charge in [-0.1, -0.05) is 50.2 Å². The molecule has 0 atom stereocenters. The number of non-ortho nitro benzene ring substituents is 1. The van der Waals surface area contributed by atoms with E-state index >= 15 is 0 Å². The number of benzene rings is 3. The van der Waals surface area contributed by atoms with Crippen LogP contribution in [0.3, 0.4) is 0 Å². The largest absolute Gasteiger partial charge is 0.363 e. The Bertz CT molecular complexity index is 1550. The number of nitro benzene ring substituents is 2. The number of piperazine rings is 1. The fourth-order valence-corrected chi connectivity index (χ4v) is 6.45. The van der Waals surface area contributed by atoms with Gasteiger partial charge in [-0.05, 0) is 17.7 Å². The Labute approximate surface area is 244 Å². The molecule has 0 spiro atoms. The van der Waals surface area contributed by atoms with Crippen molar-refractivity contribution >= 4 is 39.0 Å². The van der Waals surface area contributed by atoms with Crippen LogP contribution in [0.25, 0.3) is 0 Å². The summed E-state index contributed by atoms with van der Waals surface area (Å²) in [5, 5.41) is 27.4. The van der Waals surface area contributed by atoms with Gasteiger partial charge < -0.3 is 4.90 Å². The van der Waals surface area contributed by atoms with E-state index in [0.29, 0.717) is 24.3 Å². The van der Waals surface area contributed by atoms with Crippen molar-refractivity contribution in [1.82, 2.24) is 9.21 Å². The van der Waals surface area contributed by atoms with Gasteiger partial charge in [-0.15, -0.1) is 0 Å². The first-order valence-electron chi connectivity index (χ1n) is 13.5. The zero-order valence-electron chi connectivity index (χ0n) is 23.4. The molecule has 13 nitrogen and oxygen atoms in total. The molecule has 0 aliphatic carbocycles. The van der Waals surface area contributed by atoms with Crippen LogP contribution >= 0.6 is 0 Å². The van der Waals surface area contributed by atoms with Crippen molar-refractivity contribution in [3.63, 3.8) is 0 Å². The highest BCUT2D eigenvalue weighted by Gasteiger charge is 2.28. The number of hydrazone groups is 1. The maximum atomic E-state index is 13.2. The minimum atomic E-state index is -4.05. The SMILES string of the molecule is CCN(CC)S(=O)(=O)c1cc([N+](=O)[O-])ccc1N/N=C\c1ccc(N2CCN(Cc3ccccc3)CC2)c([N+](=O)[O-])c1. The summed E-state index contributed by atoms with van der Waals surface area (Å²) in [6.07, 6.45) is 1.34. The molecule has 0 unspecified atom stereocenters. The molecule has 1 aliphatic heterocycles. The lowest BCUT2D eigenvalue weighted by molar-refractivity contribution is -0.385. The zero-order chi connectivity index (χ0) is 30.3. The molecule has 0 radical (unpaired) electrons. The first-order valence-corrected chi connectivity index (χ1v) is 14.9. The van der Waals surface area contributed by atoms with E-state index < -0.39 is 19.9 Å². The first kappa shape index (κ1) is 30.6. The normalized spacial score (nSPS) is 14.4. The van der Waals surface area contributed by atoms with Crippen LogP contribution in [0.2, 0.25) is 0 Å². The van der Waals surface area contributed by atoms with Crippen molar-refractivity contribution < 1.29 is 18.3 Å². The van der Waals surface area contributed by atoms with E-state index in [1.165, 1.54) is 34.3 Å². The van der Waals surface area contributed by atoms with Crippen molar-refractivity contribution in [2.45, 2.75) is 25.3 Å². The van der Waals surface area contributed by atoms with Crippen LogP contribution in [0.5, 0.6) is 0 Å². The Kier molecular flexibility index (Phi) is 9.83. The van der Waals surface area contributed by atoms with Gasteiger partial charge in [-0.3, -0.25) is 30.6 Å². The minimum Gasteiger partial charge on any atom is -0.363 e. The molecule has 0 saturated carbocycles. The molecule has 1 heterocycles. The molecule has 42 heavy (non-hydrogen) atoms. The van der Waals surface area contributed by atoms with E-state index in [2.05, 4.69) is 27.6 Å². The van der Waals surface area contributed by atoms with Crippen LogP contribution in [0.4, 0.5) is 22.7 Å². The average molecular weight is 596 g/mol. The molecule has 4 rings (SSSR count). The molecule has 0 amide bonds. The van der Waals surface area contributed by atoms with Crippen molar-refractivity contribution in [3.05, 3.63) is 98.1 Å². The number of anilines is 2. The van der Waals surface area contributed by atoms with E-state index in [4.69, 9.17) is 0 Å². The molecule has 1 aliphatic rings. The third kappa shape index (κ3) is 7.08. The lowest BCUT2D eigenvalue weighted by Crippen LogP contribution is -2.46. The molecule has 1 saturated heterocycles. The summed E-state index contributed by atoms with van der Waals surface area (Å²) in [6.45, 7) is 7.37. The van der Waals surface area contributed by atoms with E-state index in [1.807, 2.05) is 23.1 Å². The van der Waals surface area contributed by atoms with Crippen LogP contribution in [0.1, 0.15) is 25.0 Å². The van der Waals surface area contributed by atoms with Gasteiger partial charge in [0.1, 0.15) is 10.6 Å². The van der Waals surface area contributed by atoms with Crippen LogP contribution in [-0.2, 0) is 16.6 Å². The Morgan fingerprint density at radius 1 is 0.929 bits per heavy atom. The maximum absolute atomic E-state index is 13.2. The molecule has 3 aromatic rings. The topological polar surface area (TPSA) is 155 Å². The number of sulfonamides is 1. The van der Waals surface area contributed by atoms with Crippen LogP contribution in [0.15, 0.2) is 76.7 Å². The standard InChI is InChI=1S/C28H33N7O6S/c1-3-33(4-2)42(40,41)28-19-24(34(36)37)11-12-25(28)30-29-20-23-10-13-26(27(18-23)35(38)39)32-16-14-31(15-17-32)21-22-8-6-5-7-9-22/h5-13,18-20,30H,3-4,14-17,21H2,1-2H3/b29-20-. The van der Waals surface area contributed by atoms with Crippen LogP contribution in [0, 0.1) is 20.2 Å². The second kappa shape index (κ2) is 13.5. The minimum absolute atomic E-state index is 0.0447. The molecular weight excluding hydrogens is 562 g/mol. The van der Waals surface area contributed by atoms with Crippen molar-refractivity contribution in [2.75, 3.05) is 49.6 Å². The van der Waals surface area contributed by atoms with Gasteiger partial charge in [0.25, 0.3) is 11.4 Å². The highest BCUT2D eigenvalue weighted by atomic mass is 32.2. The number of nitro groups is 2. The second-order valence-corrected chi connectivity index (χ2v) is 11.6. The van der Waals surface area contributed by atoms with Gasteiger partial charge >= 0.3 is 0 Å². The zero-order valence-corrected chi connectivity index (χ0v) is 24.2. The summed E-state index contributed by atoms with van der Waals surface area (Å²) >= 11 is 0. The Balaban J connectivity index is 1.50. The summed E-state index contributed by atoms with van der Waals surface area (Å²) in [5.74, 6) is 0. The number of nitrogens with one attached hydrogen (secondary N) is 1. The van der Waals surface area contributed by atoms with Crippen molar-refractivity contribution in [3.8, 4) is 0 Å². The molecule has 222 valence electrons. The Morgan fingerprint density at radius 2 is 1.62 bits per heavy atom. The van der Waals surface area contributed by atoms with Crippen LogP contribution in [-0.4, -0.2) is 73.0 Å². The highest BCUT2D eigenvalue weighted by Crippen LogP contribution is 2.31. The number of rotatable bonds is 12. The Morgan fingerprint density at radius 3 is 2.24 bits per heavy atom. The van der Waals surface area contributed by atoms with E-state index in [1.54, 1.807) is 26.0 Å². The predicted octanol–water partition coefficient (Wildman–Crippen LogP) is 4.30. The van der Waals surface area contributed by atoms with E-state index in [0.717, 1.165) is 25.7 Å². The average Bonchev–Trinajstić information content (AvgIpc) is 2.98. The maximum Gasteiger partial charge on any atom is 0.293 e. The summed E-state index contributed by atoms with van der Waals surface area (Å²) in [4.78, 5) is 26.2. The molecule has 0 bridgehead atoms. The third-order valence-corrected chi connectivity index (χ3v) is 9.15. The lowest BCUT2D eigenvalue weighted by Gasteiger charge is -2.35. The highest BCUT2D eigenvalue weighted by molar-refractivity contribution is 7.89. The summed E-state index contributed by atoms with van der Waals surface area (Å²) in [6, 6.07) is 18.4. The van der Waals surface area contributed by atoms with Gasteiger partial charge in [0.05, 0.1) is 21.7 Å². The fraction of sp³-hybridized carbons (Fsp3) is 0.321. The van der Waals surface area contributed by atoms with Crippen molar-refractivity contribution in [1.29, 1.82) is 0 Å². The summed E-state index contributed by atoms with van der Waals surface area (Å²) in [7, 11) is -4.05. The third-order valence-electron chi connectivity index (χ3n) is 7.06. The monoisotopic (exact) mass is 595 g/mol. The van der Waals surface area contributed by atoms with Gasteiger partial charge in [0.15, 0.2) is 0 Å². The number of hydrogen-bond donors (Lipinski definition) is 1. The Hall–Kier alpha value is -4.40. The van der Waals surface area contributed by atoms with Gasteiger partial charge in [-0.2, -0.15) is 9.41 Å². The molecule has 1 N–H and O–H groups in total. The fourth-order valence-electron chi connectivity index (χ4n) is 4.83. The van der Waals surface area contributed by atoms with Gasteiger partial charge in [0.2, 0.25) is 10.0 Å². The number of nitrogens with zero attached hydrogens (tertiary/aromatic N) is 6. The molecule has 1 fully saturated rings. The van der Waals surface area contributed by atoms with E-state index in [9.17, 15) is 28.6 Å². The molecule has 0 aromatic heterocycles. The first-order chi connectivity index (χ1) is 20.1. The molecular formula is C28H33N7O6S. The second-order valence-electron chi connectivity index (χ2n) is 9.65. The quantitative estimate of drug-likeness (QED) is 0.183. The summed E-state index contributed by atoms with van der Waals surface area (Å²) in [5.41, 5.74) is 4.43. The van der Waals surface area contributed by atoms with Crippen LogP contribution < -0.4 is 10.3 Å². The van der Waals surface area contributed by atoms with Gasteiger partial charge in [0, 0.05) is 69.6 Å². The molecule has 3 aromatic carbocycles. The van der Waals surface area contributed by atoms with Crippen molar-refractivity contribution in [2.24, 2.45) is 5.10 Å². The van der Waals surface area contributed by atoms with Gasteiger partial charge in [-0.25, -0.2) is 8.42 Å².